The van der Waals surface area contributed by atoms with E-state index in [0.717, 1.165) is 18.4 Å². The first-order valence-corrected chi connectivity index (χ1v) is 6.54. The molecule has 2 atom stereocenters. The van der Waals surface area contributed by atoms with Gasteiger partial charge in [0.2, 0.25) is 0 Å². The number of methoxy groups -OCH3 is 1. The number of ether oxygens (including phenoxy) is 1. The molecule has 1 heterocycles. The zero-order valence-electron chi connectivity index (χ0n) is 11.5. The number of pyridine rings is 1. The average molecular weight is 259 g/mol. The third kappa shape index (κ3) is 3.29. The zero-order valence-corrected chi connectivity index (χ0v) is 11.5. The lowest BCUT2D eigenvalue weighted by molar-refractivity contribution is 0.149. The van der Waals surface area contributed by atoms with Crippen molar-refractivity contribution in [2.75, 3.05) is 13.7 Å². The number of nitrogens with one attached hydrogen (secondary N) is 1. The zero-order chi connectivity index (χ0) is 13.7. The molecule has 0 saturated heterocycles. The minimum atomic E-state index is 0.122. The quantitative estimate of drug-likeness (QED) is 0.618. The van der Waals surface area contributed by atoms with Crippen LogP contribution >= 0.6 is 0 Å². The van der Waals surface area contributed by atoms with Crippen molar-refractivity contribution in [1.82, 2.24) is 10.4 Å². The van der Waals surface area contributed by atoms with Crippen LogP contribution in [-0.2, 0) is 4.74 Å². The summed E-state index contributed by atoms with van der Waals surface area (Å²) in [6.45, 7) is 2.91. The molecule has 0 radical (unpaired) electrons. The maximum absolute atomic E-state index is 5.73. The Morgan fingerprint density at radius 2 is 2.21 bits per heavy atom. The van der Waals surface area contributed by atoms with E-state index >= 15 is 0 Å². The van der Waals surface area contributed by atoms with Gasteiger partial charge >= 0.3 is 0 Å². The van der Waals surface area contributed by atoms with E-state index in [4.69, 9.17) is 10.6 Å². The summed E-state index contributed by atoms with van der Waals surface area (Å²) >= 11 is 0. The van der Waals surface area contributed by atoms with Gasteiger partial charge in [-0.05, 0) is 29.4 Å². The third-order valence-corrected chi connectivity index (χ3v) is 3.38. The van der Waals surface area contributed by atoms with Crippen molar-refractivity contribution < 1.29 is 4.74 Å². The SMILES string of the molecule is COCC(C)CC(NN)c1cccc2cnccc12. The number of hydrazine groups is 1. The Bertz CT molecular complexity index is 524. The smallest absolute Gasteiger partial charge is 0.0488 e. The lowest BCUT2D eigenvalue weighted by Gasteiger charge is -2.21. The molecule has 1 aromatic carbocycles. The Morgan fingerprint density at radius 1 is 1.37 bits per heavy atom. The standard InChI is InChI=1S/C15H21N3O/c1-11(10-19-2)8-15(18-16)14-5-3-4-12-9-17-7-6-13(12)14/h3-7,9,11,15,18H,8,10,16H2,1-2H3. The van der Waals surface area contributed by atoms with Crippen molar-refractivity contribution in [2.45, 2.75) is 19.4 Å². The van der Waals surface area contributed by atoms with Crippen LogP contribution in [0.25, 0.3) is 10.8 Å². The van der Waals surface area contributed by atoms with Crippen LogP contribution in [0.1, 0.15) is 24.9 Å². The Kier molecular flexibility index (Phi) is 4.85. The van der Waals surface area contributed by atoms with Gasteiger partial charge in [-0.2, -0.15) is 0 Å². The molecule has 4 heteroatoms. The van der Waals surface area contributed by atoms with Crippen LogP contribution in [0.4, 0.5) is 0 Å². The fourth-order valence-electron chi connectivity index (χ4n) is 2.49. The van der Waals surface area contributed by atoms with Gasteiger partial charge in [0.1, 0.15) is 0 Å². The fraction of sp³-hybridized carbons (Fsp3) is 0.400. The maximum atomic E-state index is 5.73. The molecule has 3 N–H and O–H groups in total. The van der Waals surface area contributed by atoms with E-state index in [-0.39, 0.29) is 6.04 Å². The highest BCUT2D eigenvalue weighted by Gasteiger charge is 2.16. The van der Waals surface area contributed by atoms with Crippen LogP contribution in [0.3, 0.4) is 0 Å². The monoisotopic (exact) mass is 259 g/mol. The van der Waals surface area contributed by atoms with Crippen molar-refractivity contribution >= 4 is 10.8 Å². The highest BCUT2D eigenvalue weighted by atomic mass is 16.5. The van der Waals surface area contributed by atoms with Crippen LogP contribution in [0.5, 0.6) is 0 Å². The molecule has 0 spiro atoms. The van der Waals surface area contributed by atoms with E-state index in [0.29, 0.717) is 5.92 Å². The summed E-state index contributed by atoms with van der Waals surface area (Å²) < 4.78 is 5.19. The van der Waals surface area contributed by atoms with E-state index in [2.05, 4.69) is 29.5 Å². The molecule has 0 amide bonds. The second-order valence-corrected chi connectivity index (χ2v) is 4.96. The number of rotatable bonds is 6. The van der Waals surface area contributed by atoms with Gasteiger partial charge in [0.05, 0.1) is 0 Å². The molecule has 4 nitrogen and oxygen atoms in total. The molecule has 2 aromatic rings. The van der Waals surface area contributed by atoms with E-state index < -0.39 is 0 Å². The Balaban J connectivity index is 2.30. The molecule has 0 aliphatic rings. The molecule has 0 aliphatic carbocycles. The first kappa shape index (κ1) is 13.9. The van der Waals surface area contributed by atoms with Gasteiger partial charge < -0.3 is 4.74 Å². The van der Waals surface area contributed by atoms with Crippen LogP contribution in [-0.4, -0.2) is 18.7 Å². The minimum absolute atomic E-state index is 0.122. The largest absolute Gasteiger partial charge is 0.384 e. The lowest BCUT2D eigenvalue weighted by atomic mass is 9.93. The number of fused-ring (bicyclic) bond motifs is 1. The molecule has 2 unspecified atom stereocenters. The van der Waals surface area contributed by atoms with E-state index in [9.17, 15) is 0 Å². The summed E-state index contributed by atoms with van der Waals surface area (Å²) in [5.41, 5.74) is 4.14. The van der Waals surface area contributed by atoms with Crippen molar-refractivity contribution in [3.05, 3.63) is 42.2 Å². The number of benzene rings is 1. The first-order valence-electron chi connectivity index (χ1n) is 6.54. The molecule has 0 saturated carbocycles. The van der Waals surface area contributed by atoms with Crippen LogP contribution in [0.15, 0.2) is 36.7 Å². The normalized spacial score (nSPS) is 14.5. The maximum Gasteiger partial charge on any atom is 0.0488 e. The van der Waals surface area contributed by atoms with E-state index in [1.165, 1.54) is 10.9 Å². The predicted octanol–water partition coefficient (Wildman–Crippen LogP) is 2.41. The predicted molar refractivity (Wildman–Crippen MR) is 77.5 cm³/mol. The Morgan fingerprint density at radius 3 is 2.95 bits per heavy atom. The summed E-state index contributed by atoms with van der Waals surface area (Å²) in [4.78, 5) is 4.16. The van der Waals surface area contributed by atoms with Gasteiger partial charge in [0.15, 0.2) is 0 Å². The van der Waals surface area contributed by atoms with Crippen molar-refractivity contribution in [2.24, 2.45) is 11.8 Å². The summed E-state index contributed by atoms with van der Waals surface area (Å²) in [5, 5.41) is 2.34. The summed E-state index contributed by atoms with van der Waals surface area (Å²) in [5.74, 6) is 6.18. The van der Waals surface area contributed by atoms with Gasteiger partial charge in [-0.15, -0.1) is 0 Å². The molecule has 102 valence electrons. The number of hydrogen-bond donors (Lipinski definition) is 2. The van der Waals surface area contributed by atoms with Gasteiger partial charge in [0, 0.05) is 37.5 Å². The van der Waals surface area contributed by atoms with Gasteiger partial charge in [0.25, 0.3) is 0 Å². The number of hydrogen-bond acceptors (Lipinski definition) is 4. The van der Waals surface area contributed by atoms with Crippen molar-refractivity contribution in [3.63, 3.8) is 0 Å². The first-order chi connectivity index (χ1) is 9.26. The van der Waals surface area contributed by atoms with E-state index in [1.54, 1.807) is 7.11 Å². The second kappa shape index (κ2) is 6.61. The molecule has 0 aliphatic heterocycles. The highest BCUT2D eigenvalue weighted by molar-refractivity contribution is 5.85. The molecular weight excluding hydrogens is 238 g/mol. The van der Waals surface area contributed by atoms with Gasteiger partial charge in [-0.3, -0.25) is 16.3 Å². The van der Waals surface area contributed by atoms with Gasteiger partial charge in [-0.1, -0.05) is 25.1 Å². The average Bonchev–Trinajstić information content (AvgIpc) is 2.44. The van der Waals surface area contributed by atoms with Crippen LogP contribution in [0.2, 0.25) is 0 Å². The molecule has 2 rings (SSSR count). The van der Waals surface area contributed by atoms with Crippen molar-refractivity contribution in [1.29, 1.82) is 0 Å². The summed E-state index contributed by atoms with van der Waals surface area (Å²) in [7, 11) is 1.73. The minimum Gasteiger partial charge on any atom is -0.384 e. The molecule has 0 fully saturated rings. The fourth-order valence-corrected chi connectivity index (χ4v) is 2.49. The van der Waals surface area contributed by atoms with Crippen LogP contribution in [0, 0.1) is 5.92 Å². The number of nitrogens with zero attached hydrogens (tertiary/aromatic N) is 1. The second-order valence-electron chi connectivity index (χ2n) is 4.96. The molecule has 19 heavy (non-hydrogen) atoms. The number of nitrogens with two attached hydrogens (primary N) is 1. The topological polar surface area (TPSA) is 60.2 Å². The van der Waals surface area contributed by atoms with Crippen molar-refractivity contribution in [3.8, 4) is 0 Å². The Labute approximate surface area is 113 Å². The van der Waals surface area contributed by atoms with Gasteiger partial charge in [-0.25, -0.2) is 0 Å². The molecule has 1 aromatic heterocycles. The summed E-state index contributed by atoms with van der Waals surface area (Å²) in [6.07, 6.45) is 4.63. The summed E-state index contributed by atoms with van der Waals surface area (Å²) in [6, 6.07) is 8.39. The Hall–Kier alpha value is -1.49. The molecular formula is C15H21N3O. The molecule has 0 bridgehead atoms. The highest BCUT2D eigenvalue weighted by Crippen LogP contribution is 2.27. The third-order valence-electron chi connectivity index (χ3n) is 3.38. The lowest BCUT2D eigenvalue weighted by Crippen LogP contribution is -2.30. The number of aromatic nitrogens is 1. The van der Waals surface area contributed by atoms with Crippen LogP contribution < -0.4 is 11.3 Å². The van der Waals surface area contributed by atoms with E-state index in [1.807, 2.05) is 24.5 Å².